The molecule has 1 N–H and O–H groups in total. The van der Waals surface area contributed by atoms with E-state index >= 15 is 0 Å². The normalized spacial score (nSPS) is 12.2. The number of hydrogen-bond acceptors (Lipinski definition) is 3. The topological polar surface area (TPSA) is 34.1 Å². The lowest BCUT2D eigenvalue weighted by atomic mass is 10.0. The highest BCUT2D eigenvalue weighted by molar-refractivity contribution is 9.10. The maximum atomic E-state index is 5.47. The molecule has 1 atom stereocenters. The van der Waals surface area contributed by atoms with E-state index in [0.717, 1.165) is 22.3 Å². The van der Waals surface area contributed by atoms with Gasteiger partial charge in [-0.3, -0.25) is 4.98 Å². The molecule has 1 unspecified atom stereocenters. The first-order chi connectivity index (χ1) is 9.72. The Hall–Kier alpha value is -1.39. The van der Waals surface area contributed by atoms with Crippen LogP contribution in [0.2, 0.25) is 0 Å². The molecule has 0 aliphatic rings. The fourth-order valence-electron chi connectivity index (χ4n) is 2.09. The lowest BCUT2D eigenvalue weighted by molar-refractivity contribution is 0.340. The SMILES string of the molecule is CCOc1ccc(C(Cc2ccc(Br)cn2)NC)cc1. The molecule has 4 heteroatoms. The van der Waals surface area contributed by atoms with Gasteiger partial charge in [-0.1, -0.05) is 12.1 Å². The number of hydrogen-bond donors (Lipinski definition) is 1. The zero-order valence-corrected chi connectivity index (χ0v) is 13.4. The van der Waals surface area contributed by atoms with Crippen LogP contribution in [0.15, 0.2) is 47.1 Å². The van der Waals surface area contributed by atoms with Gasteiger partial charge in [-0.15, -0.1) is 0 Å². The fourth-order valence-corrected chi connectivity index (χ4v) is 2.32. The van der Waals surface area contributed by atoms with Crippen molar-refractivity contribution >= 4 is 15.9 Å². The molecular formula is C16H19BrN2O. The molecule has 0 aliphatic carbocycles. The van der Waals surface area contributed by atoms with Crippen LogP contribution in [0.5, 0.6) is 5.75 Å². The Bertz CT molecular complexity index is 525. The number of pyridine rings is 1. The smallest absolute Gasteiger partial charge is 0.119 e. The summed E-state index contributed by atoms with van der Waals surface area (Å²) in [6.45, 7) is 2.68. The Morgan fingerprint density at radius 3 is 2.50 bits per heavy atom. The minimum atomic E-state index is 0.249. The Morgan fingerprint density at radius 2 is 1.95 bits per heavy atom. The third-order valence-corrected chi connectivity index (χ3v) is 3.61. The third-order valence-electron chi connectivity index (χ3n) is 3.14. The van der Waals surface area contributed by atoms with Crippen molar-refractivity contribution < 1.29 is 4.74 Å². The van der Waals surface area contributed by atoms with Crippen molar-refractivity contribution in [2.45, 2.75) is 19.4 Å². The van der Waals surface area contributed by atoms with E-state index in [-0.39, 0.29) is 6.04 Å². The molecule has 0 spiro atoms. The molecule has 0 saturated heterocycles. The second kappa shape index (κ2) is 7.41. The number of nitrogens with zero attached hydrogens (tertiary/aromatic N) is 1. The van der Waals surface area contributed by atoms with Crippen LogP contribution in [0.4, 0.5) is 0 Å². The molecule has 0 saturated carbocycles. The highest BCUT2D eigenvalue weighted by atomic mass is 79.9. The molecule has 1 aromatic heterocycles. The van der Waals surface area contributed by atoms with Crippen LogP contribution in [0.25, 0.3) is 0 Å². The van der Waals surface area contributed by atoms with Crippen LogP contribution in [0.3, 0.4) is 0 Å². The van der Waals surface area contributed by atoms with Crippen LogP contribution in [0, 0.1) is 0 Å². The van der Waals surface area contributed by atoms with Crippen LogP contribution in [-0.4, -0.2) is 18.6 Å². The highest BCUT2D eigenvalue weighted by Gasteiger charge is 2.11. The quantitative estimate of drug-likeness (QED) is 0.873. The lowest BCUT2D eigenvalue weighted by Gasteiger charge is -2.17. The molecule has 0 fully saturated rings. The molecule has 3 nitrogen and oxygen atoms in total. The molecule has 20 heavy (non-hydrogen) atoms. The number of halogens is 1. The number of aromatic nitrogens is 1. The number of ether oxygens (including phenoxy) is 1. The van der Waals surface area contributed by atoms with E-state index in [0.29, 0.717) is 6.61 Å². The average molecular weight is 335 g/mol. The number of likely N-dealkylation sites (N-methyl/N-ethyl adjacent to an activating group) is 1. The second-order valence-corrected chi connectivity index (χ2v) is 5.43. The van der Waals surface area contributed by atoms with Gasteiger partial charge in [0.05, 0.1) is 6.61 Å². The van der Waals surface area contributed by atoms with E-state index in [9.17, 15) is 0 Å². The summed E-state index contributed by atoms with van der Waals surface area (Å²) in [6.07, 6.45) is 2.69. The van der Waals surface area contributed by atoms with Gasteiger partial charge in [0.1, 0.15) is 5.75 Å². The van der Waals surface area contributed by atoms with Crippen molar-refractivity contribution in [2.24, 2.45) is 0 Å². The van der Waals surface area contributed by atoms with Gasteiger partial charge in [0.25, 0.3) is 0 Å². The monoisotopic (exact) mass is 334 g/mol. The highest BCUT2D eigenvalue weighted by Crippen LogP contribution is 2.21. The van der Waals surface area contributed by atoms with Gasteiger partial charge in [0, 0.05) is 28.8 Å². The van der Waals surface area contributed by atoms with Gasteiger partial charge in [-0.05, 0) is 59.7 Å². The van der Waals surface area contributed by atoms with Gasteiger partial charge < -0.3 is 10.1 Å². The average Bonchev–Trinajstić information content (AvgIpc) is 2.48. The van der Waals surface area contributed by atoms with E-state index in [1.165, 1.54) is 5.56 Å². The molecule has 2 aromatic rings. The fraction of sp³-hybridized carbons (Fsp3) is 0.312. The zero-order chi connectivity index (χ0) is 14.4. The molecule has 0 amide bonds. The molecular weight excluding hydrogens is 316 g/mol. The number of benzene rings is 1. The summed E-state index contributed by atoms with van der Waals surface area (Å²) in [5.74, 6) is 0.910. The van der Waals surface area contributed by atoms with Crippen molar-refractivity contribution in [3.63, 3.8) is 0 Å². The molecule has 2 rings (SSSR count). The summed E-state index contributed by atoms with van der Waals surface area (Å²) in [4.78, 5) is 4.43. The summed E-state index contributed by atoms with van der Waals surface area (Å²) in [7, 11) is 1.97. The lowest BCUT2D eigenvalue weighted by Crippen LogP contribution is -2.19. The van der Waals surface area contributed by atoms with Gasteiger partial charge in [0.2, 0.25) is 0 Å². The standard InChI is InChI=1S/C16H19BrN2O/c1-3-20-15-8-4-12(5-9-15)16(18-2)10-14-7-6-13(17)11-19-14/h4-9,11,16,18H,3,10H2,1-2H3. The first-order valence-corrected chi connectivity index (χ1v) is 7.52. The molecule has 0 aliphatic heterocycles. The largest absolute Gasteiger partial charge is 0.494 e. The van der Waals surface area contributed by atoms with Crippen molar-refractivity contribution in [3.8, 4) is 5.75 Å². The summed E-state index contributed by atoms with van der Waals surface area (Å²) in [5.41, 5.74) is 2.31. The van der Waals surface area contributed by atoms with Gasteiger partial charge >= 0.3 is 0 Å². The van der Waals surface area contributed by atoms with Crippen molar-refractivity contribution in [3.05, 3.63) is 58.3 Å². The zero-order valence-electron chi connectivity index (χ0n) is 11.8. The van der Waals surface area contributed by atoms with Crippen LogP contribution < -0.4 is 10.1 Å². The maximum absolute atomic E-state index is 5.47. The predicted octanol–water partition coefficient (Wildman–Crippen LogP) is 3.75. The van der Waals surface area contributed by atoms with Crippen LogP contribution >= 0.6 is 15.9 Å². The van der Waals surface area contributed by atoms with E-state index in [1.807, 2.05) is 44.4 Å². The van der Waals surface area contributed by atoms with E-state index < -0.39 is 0 Å². The van der Waals surface area contributed by atoms with Crippen molar-refractivity contribution in [1.82, 2.24) is 10.3 Å². The summed E-state index contributed by atoms with van der Waals surface area (Å²) >= 11 is 3.40. The van der Waals surface area contributed by atoms with Crippen molar-refractivity contribution in [2.75, 3.05) is 13.7 Å². The number of nitrogens with one attached hydrogen (secondary N) is 1. The molecule has 0 bridgehead atoms. The van der Waals surface area contributed by atoms with Crippen LogP contribution in [0.1, 0.15) is 24.2 Å². The minimum absolute atomic E-state index is 0.249. The Morgan fingerprint density at radius 1 is 1.20 bits per heavy atom. The van der Waals surface area contributed by atoms with Gasteiger partial charge in [0.15, 0.2) is 0 Å². The molecule has 0 radical (unpaired) electrons. The first kappa shape index (κ1) is 15.0. The number of rotatable bonds is 6. The Labute approximate surface area is 128 Å². The van der Waals surface area contributed by atoms with Crippen LogP contribution in [-0.2, 0) is 6.42 Å². The second-order valence-electron chi connectivity index (χ2n) is 4.52. The third kappa shape index (κ3) is 4.05. The Balaban J connectivity index is 2.09. The van der Waals surface area contributed by atoms with E-state index in [2.05, 4.69) is 38.4 Å². The minimum Gasteiger partial charge on any atom is -0.494 e. The molecule has 1 heterocycles. The predicted molar refractivity (Wildman–Crippen MR) is 85.1 cm³/mol. The van der Waals surface area contributed by atoms with Gasteiger partial charge in [-0.2, -0.15) is 0 Å². The summed E-state index contributed by atoms with van der Waals surface area (Å²) in [5, 5.41) is 3.34. The molecule has 1 aromatic carbocycles. The summed E-state index contributed by atoms with van der Waals surface area (Å²) in [6, 6.07) is 12.5. The first-order valence-electron chi connectivity index (χ1n) is 6.73. The molecule has 106 valence electrons. The summed E-state index contributed by atoms with van der Waals surface area (Å²) < 4.78 is 6.47. The van der Waals surface area contributed by atoms with Crippen molar-refractivity contribution in [1.29, 1.82) is 0 Å². The van der Waals surface area contributed by atoms with E-state index in [1.54, 1.807) is 0 Å². The Kier molecular flexibility index (Phi) is 5.56. The van der Waals surface area contributed by atoms with Gasteiger partial charge in [-0.25, -0.2) is 0 Å². The van der Waals surface area contributed by atoms with E-state index in [4.69, 9.17) is 4.74 Å². The maximum Gasteiger partial charge on any atom is 0.119 e.